The van der Waals surface area contributed by atoms with E-state index in [9.17, 15) is 4.79 Å². The number of aliphatic carboxylic acids is 1. The molecule has 1 fully saturated rings. The van der Waals surface area contributed by atoms with Crippen molar-refractivity contribution in [1.82, 2.24) is 15.5 Å². The van der Waals surface area contributed by atoms with Crippen molar-refractivity contribution in [3.05, 3.63) is 66.5 Å². The lowest BCUT2D eigenvalue weighted by atomic mass is 9.72. The van der Waals surface area contributed by atoms with E-state index < -0.39 is 11.4 Å². The molecule has 4 rings (SSSR count). The van der Waals surface area contributed by atoms with Gasteiger partial charge in [-0.05, 0) is 49.2 Å². The topological polar surface area (TPSA) is 116 Å². The number of carbonyl (C=O) groups excluding carboxylic acids is 1. The normalized spacial score (nSPS) is 14.6. The van der Waals surface area contributed by atoms with Crippen LogP contribution in [-0.2, 0) is 15.0 Å². The number of carboxylic acids is 1. The molecule has 1 aromatic heterocycles. The summed E-state index contributed by atoms with van der Waals surface area (Å²) < 4.78 is 5.27. The number of nitrogens with zero attached hydrogens (tertiary/aromatic N) is 1. The van der Waals surface area contributed by atoms with E-state index in [1.54, 1.807) is 13.3 Å². The summed E-state index contributed by atoms with van der Waals surface area (Å²) in [4.78, 5) is 22.4. The quantitative estimate of drug-likeness (QED) is 0.487. The molecule has 1 aliphatic heterocycles. The van der Waals surface area contributed by atoms with Gasteiger partial charge in [0, 0.05) is 30.4 Å². The van der Waals surface area contributed by atoms with Gasteiger partial charge in [0.05, 0.1) is 18.7 Å². The summed E-state index contributed by atoms with van der Waals surface area (Å²) in [5.41, 5.74) is 3.35. The third-order valence-electron chi connectivity index (χ3n) is 5.49. The minimum atomic E-state index is -0.833. The first-order chi connectivity index (χ1) is 15.4. The number of hydrogen-bond donors (Lipinski definition) is 4. The number of carboxylic acid groups (broad SMARTS) is 1. The molecule has 0 atom stereocenters. The van der Waals surface area contributed by atoms with Gasteiger partial charge in [-0.25, -0.2) is 0 Å². The van der Waals surface area contributed by atoms with Gasteiger partial charge < -0.3 is 20.5 Å². The highest BCUT2D eigenvalue weighted by Crippen LogP contribution is 2.36. The number of aromatic nitrogens is 2. The average Bonchev–Trinajstić information content (AvgIpc) is 3.34. The Bertz CT molecular complexity index is 1020. The summed E-state index contributed by atoms with van der Waals surface area (Å²) in [6, 6.07) is 15.7. The number of nitrogens with one attached hydrogen (secondary N) is 3. The fourth-order valence-corrected chi connectivity index (χ4v) is 3.84. The van der Waals surface area contributed by atoms with Crippen molar-refractivity contribution >= 4 is 17.6 Å². The molecule has 0 bridgehead atoms. The lowest BCUT2D eigenvalue weighted by molar-refractivity contribution is -0.134. The Balaban J connectivity index is 0.000000668. The lowest BCUT2D eigenvalue weighted by Gasteiger charge is -2.37. The molecular formula is C24H28N4O4. The molecule has 8 nitrogen and oxygen atoms in total. The number of aromatic amines is 1. The van der Waals surface area contributed by atoms with Crippen LogP contribution in [0.25, 0.3) is 11.1 Å². The van der Waals surface area contributed by atoms with E-state index in [0.717, 1.165) is 61.0 Å². The maximum atomic E-state index is 13.4. The minimum absolute atomic E-state index is 0.0262. The Morgan fingerprint density at radius 2 is 1.78 bits per heavy atom. The SMILES string of the molecule is CC(=O)O.COc1cccc(NC(=O)C2(c3ccc(-c4cn[nH]c4)cc3)CCNCC2)c1. The number of hydrogen-bond acceptors (Lipinski definition) is 5. The molecule has 0 saturated carbocycles. The molecule has 32 heavy (non-hydrogen) atoms. The molecule has 3 aromatic rings. The zero-order valence-electron chi connectivity index (χ0n) is 18.2. The van der Waals surface area contributed by atoms with Crippen LogP contribution in [0.2, 0.25) is 0 Å². The highest BCUT2D eigenvalue weighted by molar-refractivity contribution is 5.99. The molecule has 1 saturated heterocycles. The third-order valence-corrected chi connectivity index (χ3v) is 5.49. The van der Waals surface area contributed by atoms with Crippen molar-refractivity contribution in [2.45, 2.75) is 25.2 Å². The highest BCUT2D eigenvalue weighted by Gasteiger charge is 2.41. The molecule has 2 aromatic carbocycles. The van der Waals surface area contributed by atoms with Gasteiger partial charge in [-0.15, -0.1) is 0 Å². The number of benzene rings is 2. The van der Waals surface area contributed by atoms with Crippen molar-refractivity contribution in [2.75, 3.05) is 25.5 Å². The van der Waals surface area contributed by atoms with Crippen molar-refractivity contribution in [2.24, 2.45) is 0 Å². The number of ether oxygens (including phenoxy) is 1. The average molecular weight is 437 g/mol. The molecule has 168 valence electrons. The number of amides is 1. The van der Waals surface area contributed by atoms with Crippen LogP contribution in [-0.4, -0.2) is 47.4 Å². The summed E-state index contributed by atoms with van der Waals surface area (Å²) in [6.45, 7) is 2.71. The number of carbonyl (C=O) groups is 2. The van der Waals surface area contributed by atoms with Gasteiger partial charge in [0.1, 0.15) is 5.75 Å². The molecule has 4 N–H and O–H groups in total. The van der Waals surface area contributed by atoms with Gasteiger partial charge >= 0.3 is 0 Å². The minimum Gasteiger partial charge on any atom is -0.497 e. The Labute approximate surface area is 187 Å². The van der Waals surface area contributed by atoms with Crippen LogP contribution in [0, 0.1) is 0 Å². The molecule has 1 amide bonds. The van der Waals surface area contributed by atoms with E-state index in [2.05, 4.69) is 45.1 Å². The predicted molar refractivity (Wildman–Crippen MR) is 123 cm³/mol. The summed E-state index contributed by atoms with van der Waals surface area (Å²) >= 11 is 0. The summed E-state index contributed by atoms with van der Waals surface area (Å²) in [7, 11) is 1.62. The van der Waals surface area contributed by atoms with Crippen molar-refractivity contribution in [3.63, 3.8) is 0 Å². The van der Waals surface area contributed by atoms with Gasteiger partial charge in [-0.2, -0.15) is 5.10 Å². The smallest absolute Gasteiger partial charge is 0.300 e. The zero-order valence-corrected chi connectivity index (χ0v) is 18.2. The molecule has 0 radical (unpaired) electrons. The fourth-order valence-electron chi connectivity index (χ4n) is 3.84. The standard InChI is InChI=1S/C22H24N4O2.C2H4O2/c1-28-20-4-2-3-19(13-20)26-21(27)22(9-11-23-12-10-22)18-7-5-16(6-8-18)17-14-24-25-15-17;1-2(3)4/h2-8,13-15,23H,9-12H2,1H3,(H,24,25)(H,26,27);1H3,(H,3,4). The zero-order chi connectivity index (χ0) is 23.0. The van der Waals surface area contributed by atoms with E-state index in [1.165, 1.54) is 0 Å². The third kappa shape index (κ3) is 5.53. The summed E-state index contributed by atoms with van der Waals surface area (Å²) in [5, 5.41) is 20.7. The van der Waals surface area contributed by atoms with Crippen LogP contribution in [0.4, 0.5) is 5.69 Å². The van der Waals surface area contributed by atoms with Crippen LogP contribution in [0.5, 0.6) is 5.75 Å². The molecule has 8 heteroatoms. The number of rotatable bonds is 5. The molecule has 0 unspecified atom stereocenters. The van der Waals surface area contributed by atoms with Crippen LogP contribution in [0.1, 0.15) is 25.3 Å². The summed E-state index contributed by atoms with van der Waals surface area (Å²) in [5.74, 6) is -0.0834. The first kappa shape index (κ1) is 23.0. The fraction of sp³-hybridized carbons (Fsp3) is 0.292. The van der Waals surface area contributed by atoms with Crippen molar-refractivity contribution in [1.29, 1.82) is 0 Å². The van der Waals surface area contributed by atoms with E-state index in [-0.39, 0.29) is 5.91 Å². The van der Waals surface area contributed by atoms with E-state index in [4.69, 9.17) is 14.6 Å². The van der Waals surface area contributed by atoms with Crippen molar-refractivity contribution < 1.29 is 19.4 Å². The van der Waals surface area contributed by atoms with E-state index in [1.807, 2.05) is 30.5 Å². The maximum absolute atomic E-state index is 13.4. The van der Waals surface area contributed by atoms with Crippen LogP contribution >= 0.6 is 0 Å². The Morgan fingerprint density at radius 3 is 2.38 bits per heavy atom. The Morgan fingerprint density at radius 1 is 1.09 bits per heavy atom. The molecule has 2 heterocycles. The van der Waals surface area contributed by atoms with Gasteiger partial charge in [0.15, 0.2) is 0 Å². The van der Waals surface area contributed by atoms with Gasteiger partial charge in [0.25, 0.3) is 5.97 Å². The van der Waals surface area contributed by atoms with Gasteiger partial charge in [-0.3, -0.25) is 14.7 Å². The van der Waals surface area contributed by atoms with E-state index >= 15 is 0 Å². The lowest BCUT2D eigenvalue weighted by Crippen LogP contribution is -2.48. The second kappa shape index (κ2) is 10.6. The monoisotopic (exact) mass is 436 g/mol. The van der Waals surface area contributed by atoms with Crippen molar-refractivity contribution in [3.8, 4) is 16.9 Å². The Hall–Kier alpha value is -3.65. The first-order valence-electron chi connectivity index (χ1n) is 10.4. The predicted octanol–water partition coefficient (Wildman–Crippen LogP) is 3.44. The van der Waals surface area contributed by atoms with Crippen LogP contribution < -0.4 is 15.4 Å². The largest absolute Gasteiger partial charge is 0.497 e. The first-order valence-corrected chi connectivity index (χ1v) is 10.4. The number of anilines is 1. The number of methoxy groups -OCH3 is 1. The molecular weight excluding hydrogens is 408 g/mol. The molecule has 0 aliphatic carbocycles. The Kier molecular flexibility index (Phi) is 7.62. The molecule has 1 aliphatic rings. The van der Waals surface area contributed by atoms with Gasteiger partial charge in [0.2, 0.25) is 5.91 Å². The van der Waals surface area contributed by atoms with Crippen LogP contribution in [0.3, 0.4) is 0 Å². The van der Waals surface area contributed by atoms with E-state index in [0.29, 0.717) is 0 Å². The van der Waals surface area contributed by atoms with Gasteiger partial charge in [-0.1, -0.05) is 30.3 Å². The second-order valence-electron chi connectivity index (χ2n) is 7.60. The highest BCUT2D eigenvalue weighted by atomic mass is 16.5. The molecule has 0 spiro atoms. The summed E-state index contributed by atoms with van der Waals surface area (Å²) in [6.07, 6.45) is 5.18. The maximum Gasteiger partial charge on any atom is 0.300 e. The number of piperidine rings is 1. The number of H-pyrrole nitrogens is 1. The second-order valence-corrected chi connectivity index (χ2v) is 7.60. The van der Waals surface area contributed by atoms with Crippen LogP contribution in [0.15, 0.2) is 60.9 Å².